The van der Waals surface area contributed by atoms with Crippen molar-refractivity contribution in [1.82, 2.24) is 10.2 Å². The van der Waals surface area contributed by atoms with Gasteiger partial charge in [-0.25, -0.2) is 0 Å². The van der Waals surface area contributed by atoms with Gasteiger partial charge in [-0.1, -0.05) is 0 Å². The zero-order valence-corrected chi connectivity index (χ0v) is 11.2. The van der Waals surface area contributed by atoms with E-state index in [1.807, 2.05) is 13.8 Å². The Bertz CT molecular complexity index is 532. The number of carbonyl (C=O) groups is 1. The summed E-state index contributed by atoms with van der Waals surface area (Å²) in [5, 5.41) is 11.4. The molecule has 1 amide bonds. The first-order valence-corrected chi connectivity index (χ1v) is 6.32. The molecule has 0 radical (unpaired) electrons. The molecular formula is C10H10BrN3OS. The van der Waals surface area contributed by atoms with Gasteiger partial charge in [-0.3, -0.25) is 9.89 Å². The SMILES string of the molecule is Cc1[nH]nc(NC(=O)c2csc(Br)c2)c1C. The van der Waals surface area contributed by atoms with E-state index in [1.165, 1.54) is 11.3 Å². The standard InChI is InChI=1S/C10H10BrN3OS/c1-5-6(2)13-14-9(5)12-10(15)7-3-8(11)16-4-7/h3-4H,1-2H3,(H2,12,13,14,15). The van der Waals surface area contributed by atoms with Gasteiger partial charge >= 0.3 is 0 Å². The molecule has 0 spiro atoms. The first kappa shape index (κ1) is 11.3. The Labute approximate surface area is 105 Å². The highest BCUT2D eigenvalue weighted by atomic mass is 79.9. The highest BCUT2D eigenvalue weighted by molar-refractivity contribution is 9.11. The number of H-pyrrole nitrogens is 1. The highest BCUT2D eigenvalue weighted by Crippen LogP contribution is 2.22. The van der Waals surface area contributed by atoms with Crippen LogP contribution in [-0.2, 0) is 0 Å². The topological polar surface area (TPSA) is 57.8 Å². The van der Waals surface area contributed by atoms with Crippen LogP contribution >= 0.6 is 27.3 Å². The molecule has 0 aliphatic carbocycles. The molecule has 0 aliphatic heterocycles. The molecule has 6 heteroatoms. The van der Waals surface area contributed by atoms with E-state index in [0.717, 1.165) is 15.0 Å². The number of nitrogens with one attached hydrogen (secondary N) is 2. The van der Waals surface area contributed by atoms with E-state index in [4.69, 9.17) is 0 Å². The lowest BCUT2D eigenvalue weighted by molar-refractivity contribution is 0.102. The normalized spacial score (nSPS) is 10.4. The third-order valence-electron chi connectivity index (χ3n) is 2.31. The van der Waals surface area contributed by atoms with Crippen LogP contribution in [0.4, 0.5) is 5.82 Å². The van der Waals surface area contributed by atoms with Crippen molar-refractivity contribution in [2.75, 3.05) is 5.32 Å². The van der Waals surface area contributed by atoms with Crippen LogP contribution in [0.25, 0.3) is 0 Å². The largest absolute Gasteiger partial charge is 0.305 e. The summed E-state index contributed by atoms with van der Waals surface area (Å²) in [5.41, 5.74) is 2.56. The number of carbonyl (C=O) groups excluding carboxylic acids is 1. The van der Waals surface area contributed by atoms with Crippen molar-refractivity contribution in [3.8, 4) is 0 Å². The average molecular weight is 300 g/mol. The molecule has 0 aliphatic rings. The molecule has 0 saturated carbocycles. The quantitative estimate of drug-likeness (QED) is 0.895. The Morgan fingerprint density at radius 2 is 2.31 bits per heavy atom. The van der Waals surface area contributed by atoms with E-state index < -0.39 is 0 Å². The Balaban J connectivity index is 2.17. The lowest BCUT2D eigenvalue weighted by Crippen LogP contribution is -2.11. The molecule has 16 heavy (non-hydrogen) atoms. The fraction of sp³-hybridized carbons (Fsp3) is 0.200. The van der Waals surface area contributed by atoms with Crippen molar-refractivity contribution >= 4 is 39.0 Å². The zero-order chi connectivity index (χ0) is 11.7. The van der Waals surface area contributed by atoms with E-state index in [0.29, 0.717) is 11.4 Å². The Morgan fingerprint density at radius 1 is 1.56 bits per heavy atom. The monoisotopic (exact) mass is 299 g/mol. The van der Waals surface area contributed by atoms with Crippen molar-refractivity contribution < 1.29 is 4.79 Å². The van der Waals surface area contributed by atoms with Crippen LogP contribution in [-0.4, -0.2) is 16.1 Å². The number of halogens is 1. The molecule has 84 valence electrons. The Morgan fingerprint density at radius 3 is 2.81 bits per heavy atom. The van der Waals surface area contributed by atoms with Crippen LogP contribution in [0.2, 0.25) is 0 Å². The van der Waals surface area contributed by atoms with Crippen molar-refractivity contribution in [2.24, 2.45) is 0 Å². The lowest BCUT2D eigenvalue weighted by Gasteiger charge is -2.00. The molecule has 2 heterocycles. The molecule has 2 aromatic rings. The van der Waals surface area contributed by atoms with E-state index in [1.54, 1.807) is 11.4 Å². The van der Waals surface area contributed by atoms with Crippen LogP contribution in [0.1, 0.15) is 21.6 Å². The van der Waals surface area contributed by atoms with Gasteiger partial charge in [0, 0.05) is 16.6 Å². The molecule has 0 atom stereocenters. The molecule has 2 N–H and O–H groups in total. The van der Waals surface area contributed by atoms with Gasteiger partial charge in [-0.15, -0.1) is 11.3 Å². The van der Waals surface area contributed by atoms with Gasteiger partial charge in [-0.05, 0) is 35.8 Å². The maximum absolute atomic E-state index is 11.8. The van der Waals surface area contributed by atoms with Crippen molar-refractivity contribution in [2.45, 2.75) is 13.8 Å². The zero-order valence-electron chi connectivity index (χ0n) is 8.80. The summed E-state index contributed by atoms with van der Waals surface area (Å²) < 4.78 is 0.938. The van der Waals surface area contributed by atoms with Crippen LogP contribution < -0.4 is 5.32 Å². The maximum atomic E-state index is 11.8. The fourth-order valence-corrected chi connectivity index (χ4v) is 2.35. The number of amides is 1. The van der Waals surface area contributed by atoms with Crippen molar-refractivity contribution in [3.05, 3.63) is 32.1 Å². The molecular weight excluding hydrogens is 290 g/mol. The minimum absolute atomic E-state index is 0.142. The number of aromatic amines is 1. The van der Waals surface area contributed by atoms with E-state index >= 15 is 0 Å². The minimum atomic E-state index is -0.142. The van der Waals surface area contributed by atoms with Crippen LogP contribution in [0.5, 0.6) is 0 Å². The first-order chi connectivity index (χ1) is 7.58. The van der Waals surface area contributed by atoms with E-state index in [-0.39, 0.29) is 5.91 Å². The van der Waals surface area contributed by atoms with E-state index in [9.17, 15) is 4.79 Å². The third kappa shape index (κ3) is 2.17. The maximum Gasteiger partial charge on any atom is 0.257 e. The van der Waals surface area contributed by atoms with E-state index in [2.05, 4.69) is 31.4 Å². The van der Waals surface area contributed by atoms with Gasteiger partial charge in [0.25, 0.3) is 5.91 Å². The second kappa shape index (κ2) is 4.39. The summed E-state index contributed by atoms with van der Waals surface area (Å²) >= 11 is 4.80. The number of aromatic nitrogens is 2. The summed E-state index contributed by atoms with van der Waals surface area (Å²) in [6, 6.07) is 1.79. The number of hydrogen-bond acceptors (Lipinski definition) is 3. The summed E-state index contributed by atoms with van der Waals surface area (Å²) in [5.74, 6) is 0.446. The number of thiophene rings is 1. The van der Waals surface area contributed by atoms with Gasteiger partial charge in [0.2, 0.25) is 0 Å². The molecule has 0 unspecified atom stereocenters. The molecule has 0 bridgehead atoms. The predicted octanol–water partition coefficient (Wildman–Crippen LogP) is 3.10. The van der Waals surface area contributed by atoms with Crippen LogP contribution in [0.15, 0.2) is 15.2 Å². The second-order valence-corrected chi connectivity index (χ2v) is 5.71. The Hall–Kier alpha value is -1.14. The summed E-state index contributed by atoms with van der Waals surface area (Å²) in [4.78, 5) is 11.8. The first-order valence-electron chi connectivity index (χ1n) is 4.65. The Kier molecular flexibility index (Phi) is 3.11. The molecule has 4 nitrogen and oxygen atoms in total. The highest BCUT2D eigenvalue weighted by Gasteiger charge is 2.12. The summed E-state index contributed by atoms with van der Waals surface area (Å²) in [7, 11) is 0. The molecule has 0 aromatic carbocycles. The predicted molar refractivity (Wildman–Crippen MR) is 68.0 cm³/mol. The van der Waals surface area contributed by atoms with Gasteiger partial charge in [0.15, 0.2) is 5.82 Å². The second-order valence-electron chi connectivity index (χ2n) is 3.42. The minimum Gasteiger partial charge on any atom is -0.305 e. The number of hydrogen-bond donors (Lipinski definition) is 2. The summed E-state index contributed by atoms with van der Waals surface area (Å²) in [6.45, 7) is 3.83. The van der Waals surface area contributed by atoms with Crippen LogP contribution in [0.3, 0.4) is 0 Å². The molecule has 0 saturated heterocycles. The number of aryl methyl sites for hydroxylation is 1. The van der Waals surface area contributed by atoms with Gasteiger partial charge in [0.05, 0.1) is 9.35 Å². The van der Waals surface area contributed by atoms with Gasteiger partial charge < -0.3 is 5.32 Å². The van der Waals surface area contributed by atoms with Crippen molar-refractivity contribution in [1.29, 1.82) is 0 Å². The summed E-state index contributed by atoms with van der Waals surface area (Å²) in [6.07, 6.45) is 0. The molecule has 2 aromatic heterocycles. The van der Waals surface area contributed by atoms with Crippen molar-refractivity contribution in [3.63, 3.8) is 0 Å². The van der Waals surface area contributed by atoms with Gasteiger partial charge in [0.1, 0.15) is 0 Å². The number of anilines is 1. The fourth-order valence-electron chi connectivity index (χ4n) is 1.22. The molecule has 0 fully saturated rings. The lowest BCUT2D eigenvalue weighted by atomic mass is 10.2. The third-order valence-corrected chi connectivity index (χ3v) is 3.82. The van der Waals surface area contributed by atoms with Gasteiger partial charge in [-0.2, -0.15) is 5.10 Å². The van der Waals surface area contributed by atoms with Crippen LogP contribution in [0, 0.1) is 13.8 Å². The average Bonchev–Trinajstić information content (AvgIpc) is 2.79. The number of nitrogens with zero attached hydrogens (tertiary/aromatic N) is 1. The smallest absolute Gasteiger partial charge is 0.257 e. The number of rotatable bonds is 2. The molecule has 2 rings (SSSR count).